The van der Waals surface area contributed by atoms with E-state index >= 15 is 0 Å². The number of nitrogens with zero attached hydrogens (tertiary/aromatic N) is 4. The Balaban J connectivity index is 1.23. The van der Waals surface area contributed by atoms with Crippen LogP contribution in [0.5, 0.6) is 0 Å². The molecule has 170 valence electrons. The third-order valence-electron chi connectivity index (χ3n) is 6.50. The van der Waals surface area contributed by atoms with E-state index in [1.807, 2.05) is 18.2 Å². The van der Waals surface area contributed by atoms with Crippen molar-refractivity contribution in [3.8, 4) is 0 Å². The first-order valence-corrected chi connectivity index (χ1v) is 11.6. The van der Waals surface area contributed by atoms with Gasteiger partial charge in [0.1, 0.15) is 11.8 Å². The SMILES string of the molecule is Cc1ccc(C2=NN(C(=O)CN3CCN(Cc4ccccc4)CC3)C(c3ccco3)C2)cc1. The van der Waals surface area contributed by atoms with E-state index < -0.39 is 0 Å². The molecular weight excluding hydrogens is 412 g/mol. The summed E-state index contributed by atoms with van der Waals surface area (Å²) in [7, 11) is 0. The lowest BCUT2D eigenvalue weighted by molar-refractivity contribution is -0.135. The topological polar surface area (TPSA) is 52.3 Å². The van der Waals surface area contributed by atoms with Crippen LogP contribution in [0.3, 0.4) is 0 Å². The Morgan fingerprint density at radius 3 is 2.36 bits per heavy atom. The Morgan fingerprint density at radius 2 is 1.67 bits per heavy atom. The fraction of sp³-hybridized carbons (Fsp3) is 0.333. The largest absolute Gasteiger partial charge is 0.467 e. The van der Waals surface area contributed by atoms with Crippen molar-refractivity contribution in [2.75, 3.05) is 32.7 Å². The van der Waals surface area contributed by atoms with E-state index in [0.29, 0.717) is 13.0 Å². The van der Waals surface area contributed by atoms with Gasteiger partial charge in [-0.05, 0) is 30.2 Å². The van der Waals surface area contributed by atoms with Crippen LogP contribution in [0.4, 0.5) is 0 Å². The molecule has 0 N–H and O–H groups in total. The number of carbonyl (C=O) groups is 1. The minimum Gasteiger partial charge on any atom is -0.467 e. The minimum absolute atomic E-state index is 0.0232. The number of amides is 1. The Morgan fingerprint density at radius 1 is 0.939 bits per heavy atom. The average Bonchev–Trinajstić information content (AvgIpc) is 3.52. The molecule has 3 heterocycles. The van der Waals surface area contributed by atoms with Crippen molar-refractivity contribution in [1.82, 2.24) is 14.8 Å². The first kappa shape index (κ1) is 21.6. The summed E-state index contributed by atoms with van der Waals surface area (Å²) in [6.45, 7) is 7.09. The van der Waals surface area contributed by atoms with Crippen molar-refractivity contribution in [2.45, 2.75) is 25.9 Å². The van der Waals surface area contributed by atoms with Gasteiger partial charge in [-0.1, -0.05) is 60.2 Å². The predicted molar refractivity (Wildman–Crippen MR) is 129 cm³/mol. The van der Waals surface area contributed by atoms with E-state index in [4.69, 9.17) is 9.52 Å². The normalized spacial score (nSPS) is 19.6. The van der Waals surface area contributed by atoms with Crippen LogP contribution in [0.15, 0.2) is 82.5 Å². The lowest BCUT2D eigenvalue weighted by Crippen LogP contribution is -2.49. The molecule has 1 unspecified atom stereocenters. The van der Waals surface area contributed by atoms with Gasteiger partial charge in [-0.15, -0.1) is 0 Å². The first-order chi connectivity index (χ1) is 16.2. The second kappa shape index (κ2) is 9.73. The highest BCUT2D eigenvalue weighted by Crippen LogP contribution is 2.33. The summed E-state index contributed by atoms with van der Waals surface area (Å²) in [6, 6.07) is 22.5. The molecular formula is C27H30N4O2. The van der Waals surface area contributed by atoms with Crippen LogP contribution in [0, 0.1) is 6.92 Å². The van der Waals surface area contributed by atoms with E-state index in [-0.39, 0.29) is 11.9 Å². The number of aryl methyl sites for hydroxylation is 1. The Kier molecular flexibility index (Phi) is 6.37. The van der Waals surface area contributed by atoms with Crippen molar-refractivity contribution in [3.05, 3.63) is 95.4 Å². The summed E-state index contributed by atoms with van der Waals surface area (Å²) in [5.41, 5.74) is 4.53. The summed E-state index contributed by atoms with van der Waals surface area (Å²) in [4.78, 5) is 18.0. The molecule has 6 heteroatoms. The van der Waals surface area contributed by atoms with Gasteiger partial charge >= 0.3 is 0 Å². The molecule has 1 saturated heterocycles. The summed E-state index contributed by atoms with van der Waals surface area (Å²) in [6.07, 6.45) is 2.32. The van der Waals surface area contributed by atoms with Crippen LogP contribution < -0.4 is 0 Å². The van der Waals surface area contributed by atoms with Crippen LogP contribution in [0.25, 0.3) is 0 Å². The molecule has 0 spiro atoms. The highest BCUT2D eigenvalue weighted by molar-refractivity contribution is 6.03. The van der Waals surface area contributed by atoms with Gasteiger partial charge in [-0.2, -0.15) is 5.10 Å². The van der Waals surface area contributed by atoms with Gasteiger partial charge in [0.2, 0.25) is 0 Å². The average molecular weight is 443 g/mol. The van der Waals surface area contributed by atoms with Gasteiger partial charge in [0.15, 0.2) is 0 Å². The highest BCUT2D eigenvalue weighted by atomic mass is 16.3. The predicted octanol–water partition coefficient (Wildman–Crippen LogP) is 4.08. The Labute approximate surface area is 195 Å². The van der Waals surface area contributed by atoms with Crippen LogP contribution in [-0.2, 0) is 11.3 Å². The maximum absolute atomic E-state index is 13.3. The third kappa shape index (κ3) is 5.07. The van der Waals surface area contributed by atoms with Crippen LogP contribution in [0.1, 0.15) is 34.9 Å². The van der Waals surface area contributed by atoms with Crippen molar-refractivity contribution >= 4 is 11.6 Å². The third-order valence-corrected chi connectivity index (χ3v) is 6.50. The molecule has 2 aromatic carbocycles. The lowest BCUT2D eigenvalue weighted by Gasteiger charge is -2.35. The zero-order valence-electron chi connectivity index (χ0n) is 19.1. The molecule has 0 bridgehead atoms. The van der Waals surface area contributed by atoms with E-state index in [1.165, 1.54) is 11.1 Å². The van der Waals surface area contributed by atoms with Gasteiger partial charge in [-0.3, -0.25) is 14.6 Å². The zero-order valence-corrected chi connectivity index (χ0v) is 19.1. The quantitative estimate of drug-likeness (QED) is 0.577. The molecule has 2 aliphatic heterocycles. The fourth-order valence-corrected chi connectivity index (χ4v) is 4.57. The molecule has 33 heavy (non-hydrogen) atoms. The monoisotopic (exact) mass is 442 g/mol. The molecule has 2 aliphatic rings. The fourth-order valence-electron chi connectivity index (χ4n) is 4.57. The molecule has 1 aromatic heterocycles. The number of furan rings is 1. The zero-order chi connectivity index (χ0) is 22.6. The first-order valence-electron chi connectivity index (χ1n) is 11.6. The number of hydrazone groups is 1. The second-order valence-corrected chi connectivity index (χ2v) is 8.92. The van der Waals surface area contributed by atoms with Gasteiger partial charge in [0.05, 0.1) is 18.5 Å². The minimum atomic E-state index is -0.192. The number of hydrogen-bond acceptors (Lipinski definition) is 5. The lowest BCUT2D eigenvalue weighted by atomic mass is 10.0. The molecule has 5 rings (SSSR count). The summed E-state index contributed by atoms with van der Waals surface area (Å²) < 4.78 is 5.67. The standard InChI is InChI=1S/C27H30N4O2/c1-21-9-11-23(12-10-21)24-18-25(26-8-5-17-33-26)31(28-24)27(32)20-30-15-13-29(14-16-30)19-22-6-3-2-4-7-22/h2-12,17,25H,13-16,18-20H2,1H3. The molecule has 0 saturated carbocycles. The van der Waals surface area contributed by atoms with E-state index in [9.17, 15) is 4.79 Å². The van der Waals surface area contributed by atoms with E-state index in [2.05, 4.69) is 65.3 Å². The molecule has 0 radical (unpaired) electrons. The molecule has 3 aromatic rings. The van der Waals surface area contributed by atoms with E-state index in [1.54, 1.807) is 11.3 Å². The van der Waals surface area contributed by atoms with Crippen LogP contribution >= 0.6 is 0 Å². The molecule has 1 amide bonds. The van der Waals surface area contributed by atoms with Crippen LogP contribution in [0.2, 0.25) is 0 Å². The smallest absolute Gasteiger partial charge is 0.257 e. The number of hydrogen-bond donors (Lipinski definition) is 0. The highest BCUT2D eigenvalue weighted by Gasteiger charge is 2.35. The number of carbonyl (C=O) groups excluding carboxylic acids is 1. The molecule has 1 atom stereocenters. The summed E-state index contributed by atoms with van der Waals surface area (Å²) in [5.74, 6) is 0.803. The van der Waals surface area contributed by atoms with E-state index in [0.717, 1.165) is 49.8 Å². The van der Waals surface area contributed by atoms with Gasteiger partial charge in [-0.25, -0.2) is 5.01 Å². The van der Waals surface area contributed by atoms with Crippen molar-refractivity contribution in [2.24, 2.45) is 5.10 Å². The van der Waals surface area contributed by atoms with Gasteiger partial charge < -0.3 is 4.42 Å². The summed E-state index contributed by atoms with van der Waals surface area (Å²) >= 11 is 0. The number of piperazine rings is 1. The molecule has 1 fully saturated rings. The van der Waals surface area contributed by atoms with Crippen molar-refractivity contribution < 1.29 is 9.21 Å². The maximum Gasteiger partial charge on any atom is 0.257 e. The molecule has 0 aliphatic carbocycles. The number of benzene rings is 2. The van der Waals surface area contributed by atoms with Gasteiger partial charge in [0, 0.05) is 39.1 Å². The number of rotatable bonds is 6. The summed E-state index contributed by atoms with van der Waals surface area (Å²) in [5, 5.41) is 6.41. The second-order valence-electron chi connectivity index (χ2n) is 8.92. The Hall–Kier alpha value is -3.22. The maximum atomic E-state index is 13.3. The Bertz CT molecular complexity index is 1080. The van der Waals surface area contributed by atoms with Crippen molar-refractivity contribution in [1.29, 1.82) is 0 Å². The van der Waals surface area contributed by atoms with Gasteiger partial charge in [0.25, 0.3) is 5.91 Å². The van der Waals surface area contributed by atoms with Crippen molar-refractivity contribution in [3.63, 3.8) is 0 Å². The molecule has 6 nitrogen and oxygen atoms in total. The van der Waals surface area contributed by atoms with Crippen LogP contribution in [-0.4, -0.2) is 59.2 Å².